The molecule has 0 fully saturated rings. The van der Waals surface area contributed by atoms with Gasteiger partial charge in [-0.2, -0.15) is 4.98 Å². The average molecular weight is 597 g/mol. The van der Waals surface area contributed by atoms with Crippen LogP contribution in [0.2, 0.25) is 0 Å². The van der Waals surface area contributed by atoms with Crippen LogP contribution in [-0.2, 0) is 27.2 Å². The highest BCUT2D eigenvalue weighted by Crippen LogP contribution is 2.35. The van der Waals surface area contributed by atoms with E-state index in [0.29, 0.717) is 53.1 Å². The van der Waals surface area contributed by atoms with Crippen molar-refractivity contribution < 1.29 is 18.9 Å². The molecule has 0 spiro atoms. The molecule has 230 valence electrons. The van der Waals surface area contributed by atoms with Crippen LogP contribution in [0, 0.1) is 20.8 Å². The van der Waals surface area contributed by atoms with Crippen molar-refractivity contribution in [2.24, 2.45) is 14.1 Å². The van der Waals surface area contributed by atoms with Gasteiger partial charge < -0.3 is 28.4 Å². The number of aromatic nitrogens is 3. The molecule has 2 aromatic heterocycles. The lowest BCUT2D eigenvalue weighted by molar-refractivity contribution is 0.395. The quantitative estimate of drug-likeness (QED) is 0.193. The van der Waals surface area contributed by atoms with Gasteiger partial charge in [0.1, 0.15) is 28.6 Å². The second-order valence-corrected chi connectivity index (χ2v) is 11.1. The molecule has 0 aliphatic rings. The first kappa shape index (κ1) is 30.5. The molecule has 9 heteroatoms. The first-order valence-electron chi connectivity index (χ1n) is 14.4. The van der Waals surface area contributed by atoms with E-state index < -0.39 is 0 Å². The lowest BCUT2D eigenvalue weighted by Crippen LogP contribution is -2.31. The minimum Gasteiger partial charge on any atom is -0.497 e. The predicted octanol–water partition coefficient (Wildman–Crippen LogP) is 6.11. The van der Waals surface area contributed by atoms with Crippen LogP contribution in [-0.4, -0.2) is 42.6 Å². The molecular formula is C35H40N4O5. The summed E-state index contributed by atoms with van der Waals surface area (Å²) in [5.74, 6) is 3.31. The van der Waals surface area contributed by atoms with E-state index in [1.807, 2.05) is 59.1 Å². The van der Waals surface area contributed by atoms with E-state index >= 15 is 0 Å². The smallest absolute Gasteiger partial charge is 0.264 e. The van der Waals surface area contributed by atoms with Crippen LogP contribution in [0.3, 0.4) is 0 Å². The van der Waals surface area contributed by atoms with E-state index in [1.165, 1.54) is 5.56 Å². The van der Waals surface area contributed by atoms with Crippen molar-refractivity contribution in [1.82, 2.24) is 14.1 Å². The fourth-order valence-electron chi connectivity index (χ4n) is 6.09. The van der Waals surface area contributed by atoms with Crippen LogP contribution in [0.15, 0.2) is 59.5 Å². The topological polar surface area (TPSA) is 80.0 Å². The molecule has 44 heavy (non-hydrogen) atoms. The number of hydrogen-bond acceptors (Lipinski definition) is 7. The van der Waals surface area contributed by atoms with Crippen molar-refractivity contribution >= 4 is 17.0 Å². The largest absolute Gasteiger partial charge is 0.497 e. The van der Waals surface area contributed by atoms with Crippen LogP contribution in [0.25, 0.3) is 22.2 Å². The van der Waals surface area contributed by atoms with Gasteiger partial charge in [-0.1, -0.05) is 17.7 Å². The van der Waals surface area contributed by atoms with Gasteiger partial charge in [-0.3, -0.25) is 9.36 Å². The average Bonchev–Trinajstić information content (AvgIpc) is 3.33. The summed E-state index contributed by atoms with van der Waals surface area (Å²) in [5.41, 5.74) is 7.62. The number of rotatable bonds is 10. The van der Waals surface area contributed by atoms with Gasteiger partial charge in [-0.15, -0.1) is 0 Å². The summed E-state index contributed by atoms with van der Waals surface area (Å²) in [6.07, 6.45) is 2.01. The van der Waals surface area contributed by atoms with Crippen molar-refractivity contribution in [3.05, 3.63) is 92.9 Å². The summed E-state index contributed by atoms with van der Waals surface area (Å²) in [4.78, 5) is 21.5. The Morgan fingerprint density at radius 1 is 0.750 bits per heavy atom. The second-order valence-electron chi connectivity index (χ2n) is 11.1. The van der Waals surface area contributed by atoms with Gasteiger partial charge in [-0.05, 0) is 73.9 Å². The summed E-state index contributed by atoms with van der Waals surface area (Å²) in [6.45, 7) is 7.01. The zero-order chi connectivity index (χ0) is 31.7. The lowest BCUT2D eigenvalue weighted by Gasteiger charge is -2.27. The minimum atomic E-state index is -0.125. The minimum absolute atomic E-state index is 0.125. The molecule has 9 nitrogen and oxygen atoms in total. The third-order valence-electron chi connectivity index (χ3n) is 8.10. The Labute approximate surface area is 258 Å². The number of benzene rings is 3. The summed E-state index contributed by atoms with van der Waals surface area (Å²) in [7, 11) is 10.3. The van der Waals surface area contributed by atoms with E-state index in [9.17, 15) is 4.79 Å². The number of nitrogens with zero attached hydrogens (tertiary/aromatic N) is 4. The highest BCUT2D eigenvalue weighted by molar-refractivity contribution is 5.96. The van der Waals surface area contributed by atoms with Crippen LogP contribution >= 0.6 is 0 Å². The van der Waals surface area contributed by atoms with Crippen molar-refractivity contribution in [2.75, 3.05) is 33.3 Å². The Morgan fingerprint density at radius 2 is 1.27 bits per heavy atom. The third-order valence-corrected chi connectivity index (χ3v) is 8.10. The summed E-state index contributed by atoms with van der Waals surface area (Å²) < 4.78 is 26.1. The van der Waals surface area contributed by atoms with Crippen LogP contribution in [0.5, 0.6) is 23.0 Å². The molecule has 0 amide bonds. The highest BCUT2D eigenvalue weighted by Gasteiger charge is 2.24. The van der Waals surface area contributed by atoms with Gasteiger partial charge in [0, 0.05) is 50.1 Å². The first-order valence-corrected chi connectivity index (χ1v) is 14.4. The molecule has 5 rings (SSSR count). The van der Waals surface area contributed by atoms with Gasteiger partial charge in [0.05, 0.1) is 33.8 Å². The molecule has 0 N–H and O–H groups in total. The molecule has 0 saturated carbocycles. The number of ether oxygens (including phenoxy) is 4. The summed E-state index contributed by atoms with van der Waals surface area (Å²) in [6, 6.07) is 15.7. The molecule has 0 bridgehead atoms. The first-order chi connectivity index (χ1) is 21.1. The SMILES string of the molecule is COc1ccc(OC)c(CN(Cc2cc(OC)ccc2OC)c2nc3c(c(-c4c(C)cc(C)cc4C)cn3C)c(=O)n2C)c1. The number of fused-ring (bicyclic) bond motifs is 1. The molecule has 2 heterocycles. The molecule has 0 atom stereocenters. The number of aryl methyl sites for hydroxylation is 4. The predicted molar refractivity (Wildman–Crippen MR) is 175 cm³/mol. The number of methoxy groups -OCH3 is 4. The van der Waals surface area contributed by atoms with Crippen molar-refractivity contribution in [3.63, 3.8) is 0 Å². The maximum Gasteiger partial charge on any atom is 0.264 e. The molecule has 0 aliphatic heterocycles. The van der Waals surface area contributed by atoms with E-state index in [1.54, 1.807) is 40.1 Å². The second kappa shape index (κ2) is 12.4. The zero-order valence-corrected chi connectivity index (χ0v) is 26.9. The Hall–Kier alpha value is -4.92. The highest BCUT2D eigenvalue weighted by atomic mass is 16.5. The van der Waals surface area contributed by atoms with Crippen LogP contribution < -0.4 is 29.4 Å². The molecule has 0 aliphatic carbocycles. The standard InChI is InChI=1S/C35H40N4O5/c1-21-14-22(2)31(23(3)15-21)28-20-37(4)33-32(28)34(40)38(5)35(36-33)39(18-24-16-26(41-6)10-12-29(24)43-8)19-25-17-27(42-7)11-13-30(25)44-9/h10-17,20H,18-19H2,1-9H3. The molecule has 0 saturated heterocycles. The van der Waals surface area contributed by atoms with Gasteiger partial charge in [0.15, 0.2) is 0 Å². The summed E-state index contributed by atoms with van der Waals surface area (Å²) >= 11 is 0. The monoisotopic (exact) mass is 596 g/mol. The maximum absolute atomic E-state index is 14.3. The number of anilines is 1. The Bertz CT molecular complexity index is 1830. The van der Waals surface area contributed by atoms with Gasteiger partial charge in [0.25, 0.3) is 5.56 Å². The Kier molecular flexibility index (Phi) is 8.58. The molecule has 3 aromatic carbocycles. The van der Waals surface area contributed by atoms with Crippen molar-refractivity contribution in [3.8, 4) is 34.1 Å². The Balaban J connectivity index is 1.73. The fraction of sp³-hybridized carbons (Fsp3) is 0.314. The zero-order valence-electron chi connectivity index (χ0n) is 26.9. The third kappa shape index (κ3) is 5.57. The van der Waals surface area contributed by atoms with E-state index in [-0.39, 0.29) is 5.56 Å². The van der Waals surface area contributed by atoms with Crippen LogP contribution in [0.1, 0.15) is 27.8 Å². The molecule has 0 unspecified atom stereocenters. The van der Waals surface area contributed by atoms with Crippen LogP contribution in [0.4, 0.5) is 5.95 Å². The molecule has 0 radical (unpaired) electrons. The van der Waals surface area contributed by atoms with Gasteiger partial charge >= 0.3 is 0 Å². The summed E-state index contributed by atoms with van der Waals surface area (Å²) in [5, 5.41) is 0.590. The Morgan fingerprint density at radius 3 is 1.75 bits per heavy atom. The fourth-order valence-corrected chi connectivity index (χ4v) is 6.09. The molecular weight excluding hydrogens is 556 g/mol. The van der Waals surface area contributed by atoms with Crippen molar-refractivity contribution in [2.45, 2.75) is 33.9 Å². The van der Waals surface area contributed by atoms with E-state index in [0.717, 1.165) is 33.4 Å². The normalized spacial score (nSPS) is 11.1. The van der Waals surface area contributed by atoms with E-state index in [2.05, 4.69) is 32.9 Å². The maximum atomic E-state index is 14.3. The lowest BCUT2D eigenvalue weighted by atomic mass is 9.94. The van der Waals surface area contributed by atoms with Gasteiger partial charge in [-0.25, -0.2) is 0 Å². The number of hydrogen-bond donors (Lipinski definition) is 0. The molecule has 5 aromatic rings. The van der Waals surface area contributed by atoms with Gasteiger partial charge in [0.2, 0.25) is 5.95 Å². The van der Waals surface area contributed by atoms with Crippen molar-refractivity contribution in [1.29, 1.82) is 0 Å². The van der Waals surface area contributed by atoms with E-state index in [4.69, 9.17) is 23.9 Å².